The predicted octanol–water partition coefficient (Wildman–Crippen LogP) is 1.04. The number of aryl methyl sites for hydroxylation is 2. The first kappa shape index (κ1) is 19.7. The summed E-state index contributed by atoms with van der Waals surface area (Å²) in [5.74, 6) is 1.81. The van der Waals surface area contributed by atoms with Crippen LogP contribution in [0.2, 0.25) is 0 Å². The van der Waals surface area contributed by atoms with E-state index in [1.165, 1.54) is 0 Å². The second-order valence-electron chi connectivity index (χ2n) is 5.92. The maximum atomic E-state index is 11.6. The molecule has 0 saturated heterocycles. The number of guanidine groups is 1. The molecule has 0 aromatic carbocycles. The second kappa shape index (κ2) is 11.1. The van der Waals surface area contributed by atoms with Gasteiger partial charge in [0.2, 0.25) is 5.56 Å². The molecule has 0 radical (unpaired) electrons. The van der Waals surface area contributed by atoms with Gasteiger partial charge in [0.1, 0.15) is 12.2 Å². The minimum Gasteiger partial charge on any atom is -0.357 e. The SMILES string of the molecule is CCNC(=NCCCCn1ccccc1=O)NCCn1cnnc1CC. The van der Waals surface area contributed by atoms with Gasteiger partial charge in [0, 0.05) is 51.4 Å². The largest absolute Gasteiger partial charge is 0.357 e. The average molecular weight is 359 g/mol. The molecule has 0 aliphatic carbocycles. The summed E-state index contributed by atoms with van der Waals surface area (Å²) in [6.07, 6.45) is 6.32. The summed E-state index contributed by atoms with van der Waals surface area (Å²) in [7, 11) is 0. The molecule has 2 aromatic heterocycles. The third kappa shape index (κ3) is 6.34. The maximum Gasteiger partial charge on any atom is 0.250 e. The van der Waals surface area contributed by atoms with Gasteiger partial charge in [-0.15, -0.1) is 10.2 Å². The van der Waals surface area contributed by atoms with Crippen molar-refractivity contribution in [1.29, 1.82) is 0 Å². The van der Waals surface area contributed by atoms with E-state index in [1.54, 1.807) is 23.0 Å². The van der Waals surface area contributed by atoms with Gasteiger partial charge in [0.15, 0.2) is 5.96 Å². The molecule has 0 fully saturated rings. The molecule has 0 aliphatic rings. The van der Waals surface area contributed by atoms with E-state index in [2.05, 4.69) is 32.7 Å². The van der Waals surface area contributed by atoms with E-state index < -0.39 is 0 Å². The van der Waals surface area contributed by atoms with Crippen LogP contribution in [-0.2, 0) is 19.5 Å². The highest BCUT2D eigenvalue weighted by Gasteiger charge is 2.02. The molecule has 0 saturated carbocycles. The van der Waals surface area contributed by atoms with Gasteiger partial charge in [-0.2, -0.15) is 0 Å². The first-order chi connectivity index (χ1) is 12.7. The van der Waals surface area contributed by atoms with Gasteiger partial charge >= 0.3 is 0 Å². The number of pyridine rings is 1. The summed E-state index contributed by atoms with van der Waals surface area (Å²) >= 11 is 0. The third-order valence-corrected chi connectivity index (χ3v) is 3.98. The van der Waals surface area contributed by atoms with Crippen molar-refractivity contribution in [2.45, 2.75) is 46.2 Å². The molecular weight excluding hydrogens is 330 g/mol. The normalized spacial score (nSPS) is 11.5. The Morgan fingerprint density at radius 3 is 2.81 bits per heavy atom. The van der Waals surface area contributed by atoms with E-state index in [4.69, 9.17) is 0 Å². The molecule has 0 bridgehead atoms. The Bertz CT molecular complexity index is 735. The van der Waals surface area contributed by atoms with E-state index in [9.17, 15) is 4.79 Å². The summed E-state index contributed by atoms with van der Waals surface area (Å²) in [6.45, 7) is 7.96. The number of nitrogens with one attached hydrogen (secondary N) is 2. The van der Waals surface area contributed by atoms with Crippen molar-refractivity contribution in [3.8, 4) is 0 Å². The number of hydrogen-bond donors (Lipinski definition) is 2. The van der Waals surface area contributed by atoms with Crippen molar-refractivity contribution in [2.24, 2.45) is 4.99 Å². The van der Waals surface area contributed by atoms with Crippen molar-refractivity contribution >= 4 is 5.96 Å². The molecule has 2 N–H and O–H groups in total. The van der Waals surface area contributed by atoms with E-state index in [-0.39, 0.29) is 5.56 Å². The fourth-order valence-electron chi connectivity index (χ4n) is 2.61. The van der Waals surface area contributed by atoms with Gasteiger partial charge < -0.3 is 19.8 Å². The molecular formula is C18H29N7O. The molecule has 0 atom stereocenters. The quantitative estimate of drug-likeness (QED) is 0.376. The van der Waals surface area contributed by atoms with E-state index >= 15 is 0 Å². The van der Waals surface area contributed by atoms with Gasteiger partial charge in [-0.05, 0) is 25.8 Å². The van der Waals surface area contributed by atoms with Crippen LogP contribution >= 0.6 is 0 Å². The van der Waals surface area contributed by atoms with Crippen LogP contribution in [-0.4, -0.2) is 44.9 Å². The van der Waals surface area contributed by atoms with Gasteiger partial charge in [-0.1, -0.05) is 13.0 Å². The lowest BCUT2D eigenvalue weighted by atomic mass is 10.3. The van der Waals surface area contributed by atoms with Crippen molar-refractivity contribution in [3.63, 3.8) is 0 Å². The Hall–Kier alpha value is -2.64. The Morgan fingerprint density at radius 2 is 2.04 bits per heavy atom. The van der Waals surface area contributed by atoms with Gasteiger partial charge in [0.25, 0.3) is 0 Å². The van der Waals surface area contributed by atoms with Crippen LogP contribution in [0.3, 0.4) is 0 Å². The number of aliphatic imine (C=N–C) groups is 1. The molecule has 26 heavy (non-hydrogen) atoms. The molecule has 0 unspecified atom stereocenters. The molecule has 8 heteroatoms. The fraction of sp³-hybridized carbons (Fsp3) is 0.556. The van der Waals surface area contributed by atoms with Crippen LogP contribution < -0.4 is 16.2 Å². The van der Waals surface area contributed by atoms with Gasteiger partial charge in [-0.3, -0.25) is 9.79 Å². The monoisotopic (exact) mass is 359 g/mol. The molecule has 0 amide bonds. The van der Waals surface area contributed by atoms with Crippen LogP contribution in [0.1, 0.15) is 32.5 Å². The summed E-state index contributed by atoms with van der Waals surface area (Å²) in [4.78, 5) is 16.2. The smallest absolute Gasteiger partial charge is 0.250 e. The van der Waals surface area contributed by atoms with Gasteiger partial charge in [-0.25, -0.2) is 0 Å². The van der Waals surface area contributed by atoms with Crippen LogP contribution in [0.25, 0.3) is 0 Å². The molecule has 0 spiro atoms. The summed E-state index contributed by atoms with van der Waals surface area (Å²) in [5.41, 5.74) is 0.0476. The lowest BCUT2D eigenvalue weighted by Crippen LogP contribution is -2.39. The standard InChI is InChI=1S/C18H29N7O/c1-3-16-23-22-15-25(16)14-11-21-18(19-4-2)20-10-6-8-13-24-12-7-5-9-17(24)26/h5,7,9,12,15H,3-4,6,8,10-11,13-14H2,1-2H3,(H2,19,20,21). The topological polar surface area (TPSA) is 89.1 Å². The van der Waals surface area contributed by atoms with E-state index in [1.807, 2.05) is 23.8 Å². The van der Waals surface area contributed by atoms with Gasteiger partial charge in [0.05, 0.1) is 0 Å². The number of unbranched alkanes of at least 4 members (excludes halogenated alkanes) is 1. The molecule has 2 rings (SSSR count). The minimum absolute atomic E-state index is 0.0476. The second-order valence-corrected chi connectivity index (χ2v) is 5.92. The average Bonchev–Trinajstić information content (AvgIpc) is 3.10. The zero-order valence-electron chi connectivity index (χ0n) is 15.7. The van der Waals surface area contributed by atoms with Crippen molar-refractivity contribution in [1.82, 2.24) is 30.0 Å². The maximum absolute atomic E-state index is 11.6. The Balaban J connectivity index is 1.72. The first-order valence-electron chi connectivity index (χ1n) is 9.29. The molecule has 0 aliphatic heterocycles. The highest BCUT2D eigenvalue weighted by Crippen LogP contribution is 1.96. The van der Waals surface area contributed by atoms with Crippen LogP contribution in [0.4, 0.5) is 0 Å². The fourth-order valence-corrected chi connectivity index (χ4v) is 2.61. The van der Waals surface area contributed by atoms with Crippen LogP contribution in [0.15, 0.2) is 40.5 Å². The number of hydrogen-bond acceptors (Lipinski definition) is 4. The zero-order chi connectivity index (χ0) is 18.6. The highest BCUT2D eigenvalue weighted by molar-refractivity contribution is 5.79. The highest BCUT2D eigenvalue weighted by atomic mass is 16.1. The Kier molecular flexibility index (Phi) is 8.38. The van der Waals surface area contributed by atoms with Crippen LogP contribution in [0.5, 0.6) is 0 Å². The lowest BCUT2D eigenvalue weighted by molar-refractivity contribution is 0.596. The zero-order valence-corrected chi connectivity index (χ0v) is 15.7. The summed E-state index contributed by atoms with van der Waals surface area (Å²) in [5, 5.41) is 14.6. The van der Waals surface area contributed by atoms with Crippen molar-refractivity contribution in [3.05, 3.63) is 46.9 Å². The molecule has 8 nitrogen and oxygen atoms in total. The molecule has 142 valence electrons. The number of nitrogens with zero attached hydrogens (tertiary/aromatic N) is 5. The molecule has 2 aromatic rings. The summed E-state index contributed by atoms with van der Waals surface area (Å²) in [6, 6.07) is 5.23. The van der Waals surface area contributed by atoms with E-state index in [0.717, 1.165) is 63.8 Å². The predicted molar refractivity (Wildman–Crippen MR) is 103 cm³/mol. The number of rotatable bonds is 10. The third-order valence-electron chi connectivity index (χ3n) is 3.98. The van der Waals surface area contributed by atoms with Crippen molar-refractivity contribution in [2.75, 3.05) is 19.6 Å². The Labute approximate surface area is 154 Å². The molecule has 2 heterocycles. The van der Waals surface area contributed by atoms with E-state index in [0.29, 0.717) is 0 Å². The van der Waals surface area contributed by atoms with Crippen LogP contribution in [0, 0.1) is 0 Å². The lowest BCUT2D eigenvalue weighted by Gasteiger charge is -2.12. The Morgan fingerprint density at radius 1 is 1.15 bits per heavy atom. The van der Waals surface area contributed by atoms with Crippen molar-refractivity contribution < 1.29 is 0 Å². The minimum atomic E-state index is 0.0476. The number of aromatic nitrogens is 4. The summed E-state index contributed by atoms with van der Waals surface area (Å²) < 4.78 is 3.78. The first-order valence-corrected chi connectivity index (χ1v) is 9.29.